The van der Waals surface area contributed by atoms with E-state index in [-0.39, 0.29) is 0 Å². The first-order chi connectivity index (χ1) is 7.66. The minimum atomic E-state index is 0.653. The first-order valence-corrected chi connectivity index (χ1v) is 5.51. The third-order valence-corrected chi connectivity index (χ3v) is 2.88. The van der Waals surface area contributed by atoms with Crippen LogP contribution in [0.2, 0.25) is 5.15 Å². The Balaban J connectivity index is 2.02. The predicted octanol–water partition coefficient (Wildman–Crippen LogP) is 2.99. The SMILES string of the molecule is Cc1ccc(NCc2ncc(Cl)n2C)cc1. The number of hydrogen-bond donors (Lipinski definition) is 1. The fourth-order valence-electron chi connectivity index (χ4n) is 1.44. The van der Waals surface area contributed by atoms with Gasteiger partial charge in [0.2, 0.25) is 0 Å². The predicted molar refractivity (Wildman–Crippen MR) is 66.7 cm³/mol. The Labute approximate surface area is 100 Å². The number of anilines is 1. The highest BCUT2D eigenvalue weighted by molar-refractivity contribution is 6.29. The number of benzene rings is 1. The molecule has 0 aliphatic rings. The molecule has 1 aromatic heterocycles. The summed E-state index contributed by atoms with van der Waals surface area (Å²) < 4.78 is 1.86. The van der Waals surface area contributed by atoms with Crippen LogP contribution in [0.15, 0.2) is 30.5 Å². The topological polar surface area (TPSA) is 29.9 Å². The molecule has 0 aliphatic heterocycles. The molecule has 1 aromatic carbocycles. The molecule has 0 saturated carbocycles. The molecule has 1 heterocycles. The largest absolute Gasteiger partial charge is 0.378 e. The van der Waals surface area contributed by atoms with E-state index in [9.17, 15) is 0 Å². The van der Waals surface area contributed by atoms with Crippen molar-refractivity contribution in [1.29, 1.82) is 0 Å². The maximum Gasteiger partial charge on any atom is 0.128 e. The van der Waals surface area contributed by atoms with Crippen molar-refractivity contribution < 1.29 is 0 Å². The van der Waals surface area contributed by atoms with Crippen LogP contribution in [0.5, 0.6) is 0 Å². The Morgan fingerprint density at radius 1 is 1.31 bits per heavy atom. The van der Waals surface area contributed by atoms with E-state index in [1.54, 1.807) is 6.20 Å². The molecule has 1 N–H and O–H groups in total. The Bertz CT molecular complexity index is 474. The van der Waals surface area contributed by atoms with Gasteiger partial charge in [-0.15, -0.1) is 0 Å². The fourth-order valence-corrected chi connectivity index (χ4v) is 1.59. The molecule has 0 spiro atoms. The van der Waals surface area contributed by atoms with E-state index in [1.165, 1.54) is 5.56 Å². The van der Waals surface area contributed by atoms with Gasteiger partial charge >= 0.3 is 0 Å². The molecule has 0 fully saturated rings. The third-order valence-electron chi connectivity index (χ3n) is 2.53. The summed E-state index contributed by atoms with van der Waals surface area (Å²) in [5.74, 6) is 0.922. The Hall–Kier alpha value is -1.48. The second kappa shape index (κ2) is 4.58. The van der Waals surface area contributed by atoms with Gasteiger partial charge in [-0.2, -0.15) is 0 Å². The summed E-state index contributed by atoms with van der Waals surface area (Å²) >= 11 is 5.90. The number of rotatable bonds is 3. The summed E-state index contributed by atoms with van der Waals surface area (Å²) in [4.78, 5) is 4.22. The number of nitrogens with one attached hydrogen (secondary N) is 1. The van der Waals surface area contributed by atoms with Crippen molar-refractivity contribution in [1.82, 2.24) is 9.55 Å². The third kappa shape index (κ3) is 2.36. The van der Waals surface area contributed by atoms with Gasteiger partial charge in [-0.3, -0.25) is 0 Å². The Morgan fingerprint density at radius 3 is 2.56 bits per heavy atom. The summed E-state index contributed by atoms with van der Waals surface area (Å²) in [5.41, 5.74) is 2.34. The maximum absolute atomic E-state index is 5.90. The Morgan fingerprint density at radius 2 is 2.00 bits per heavy atom. The lowest BCUT2D eigenvalue weighted by molar-refractivity contribution is 0.813. The van der Waals surface area contributed by atoms with Crippen LogP contribution in [0.25, 0.3) is 0 Å². The van der Waals surface area contributed by atoms with E-state index in [1.807, 2.05) is 11.6 Å². The van der Waals surface area contributed by atoms with Crippen LogP contribution in [0.3, 0.4) is 0 Å². The van der Waals surface area contributed by atoms with E-state index in [4.69, 9.17) is 11.6 Å². The zero-order chi connectivity index (χ0) is 11.5. The summed E-state index contributed by atoms with van der Waals surface area (Å²) in [6, 6.07) is 8.27. The van der Waals surface area contributed by atoms with E-state index >= 15 is 0 Å². The molecule has 4 heteroatoms. The minimum Gasteiger partial charge on any atom is -0.378 e. The van der Waals surface area contributed by atoms with Gasteiger partial charge in [0.1, 0.15) is 11.0 Å². The van der Waals surface area contributed by atoms with Crippen LogP contribution in [0.4, 0.5) is 5.69 Å². The van der Waals surface area contributed by atoms with Crippen molar-refractivity contribution in [2.24, 2.45) is 7.05 Å². The number of halogens is 1. The van der Waals surface area contributed by atoms with Crippen molar-refractivity contribution in [2.75, 3.05) is 5.32 Å². The summed E-state index contributed by atoms with van der Waals surface area (Å²) in [6.45, 7) is 2.74. The highest BCUT2D eigenvalue weighted by Crippen LogP contribution is 2.12. The van der Waals surface area contributed by atoms with Crippen LogP contribution in [0.1, 0.15) is 11.4 Å². The van der Waals surface area contributed by atoms with E-state index in [0.717, 1.165) is 11.5 Å². The molecule has 0 bridgehead atoms. The standard InChI is InChI=1S/C12H14ClN3/c1-9-3-5-10(6-4-9)14-8-12-15-7-11(13)16(12)2/h3-7,14H,8H2,1-2H3. The Kier molecular flexibility index (Phi) is 3.15. The quantitative estimate of drug-likeness (QED) is 0.887. The van der Waals surface area contributed by atoms with Gasteiger partial charge in [-0.05, 0) is 19.1 Å². The number of nitrogens with zero attached hydrogens (tertiary/aromatic N) is 2. The van der Waals surface area contributed by atoms with Gasteiger partial charge in [0.05, 0.1) is 12.7 Å². The molecule has 84 valence electrons. The number of imidazole rings is 1. The molecule has 2 rings (SSSR count). The normalized spacial score (nSPS) is 10.4. The molecule has 0 aliphatic carbocycles. The highest BCUT2D eigenvalue weighted by Gasteiger charge is 2.03. The van der Waals surface area contributed by atoms with Gasteiger partial charge in [0.15, 0.2) is 0 Å². The second-order valence-electron chi connectivity index (χ2n) is 3.78. The summed E-state index contributed by atoms with van der Waals surface area (Å²) in [6.07, 6.45) is 1.66. The van der Waals surface area contributed by atoms with Gasteiger partial charge in [-0.1, -0.05) is 29.3 Å². The van der Waals surface area contributed by atoms with Crippen molar-refractivity contribution in [2.45, 2.75) is 13.5 Å². The molecule has 0 unspecified atom stereocenters. The van der Waals surface area contributed by atoms with Gasteiger partial charge in [0, 0.05) is 12.7 Å². The number of aromatic nitrogens is 2. The van der Waals surface area contributed by atoms with E-state index < -0.39 is 0 Å². The van der Waals surface area contributed by atoms with Crippen molar-refractivity contribution in [3.8, 4) is 0 Å². The second-order valence-corrected chi connectivity index (χ2v) is 4.16. The first-order valence-electron chi connectivity index (χ1n) is 5.13. The fraction of sp³-hybridized carbons (Fsp3) is 0.250. The average Bonchev–Trinajstić information content (AvgIpc) is 2.60. The van der Waals surface area contributed by atoms with Crippen molar-refractivity contribution in [3.63, 3.8) is 0 Å². The smallest absolute Gasteiger partial charge is 0.128 e. The molecule has 3 nitrogen and oxygen atoms in total. The molecule has 2 aromatic rings. The lowest BCUT2D eigenvalue weighted by Gasteiger charge is -2.06. The van der Waals surface area contributed by atoms with E-state index in [0.29, 0.717) is 11.7 Å². The van der Waals surface area contributed by atoms with Gasteiger partial charge < -0.3 is 9.88 Å². The molecule has 0 amide bonds. The maximum atomic E-state index is 5.90. The van der Waals surface area contributed by atoms with Crippen LogP contribution in [-0.4, -0.2) is 9.55 Å². The van der Waals surface area contributed by atoms with Crippen molar-refractivity contribution >= 4 is 17.3 Å². The molecular formula is C12H14ClN3. The minimum absolute atomic E-state index is 0.653. The average molecular weight is 236 g/mol. The van der Waals surface area contributed by atoms with Crippen LogP contribution < -0.4 is 5.32 Å². The van der Waals surface area contributed by atoms with Crippen LogP contribution >= 0.6 is 11.6 Å². The number of aryl methyl sites for hydroxylation is 1. The molecule has 16 heavy (non-hydrogen) atoms. The lowest BCUT2D eigenvalue weighted by atomic mass is 10.2. The zero-order valence-electron chi connectivity index (χ0n) is 9.37. The zero-order valence-corrected chi connectivity index (χ0v) is 10.1. The van der Waals surface area contributed by atoms with Crippen LogP contribution in [0, 0.1) is 6.92 Å². The number of hydrogen-bond acceptors (Lipinski definition) is 2. The first kappa shape index (κ1) is 11.0. The van der Waals surface area contributed by atoms with E-state index in [2.05, 4.69) is 41.5 Å². The van der Waals surface area contributed by atoms with Crippen molar-refractivity contribution in [3.05, 3.63) is 47.0 Å². The van der Waals surface area contributed by atoms with Gasteiger partial charge in [-0.25, -0.2) is 4.98 Å². The van der Waals surface area contributed by atoms with Gasteiger partial charge in [0.25, 0.3) is 0 Å². The summed E-state index contributed by atoms with van der Waals surface area (Å²) in [7, 11) is 1.90. The summed E-state index contributed by atoms with van der Waals surface area (Å²) in [5, 5.41) is 3.95. The molecule has 0 saturated heterocycles. The molecular weight excluding hydrogens is 222 g/mol. The molecule has 0 atom stereocenters. The molecule has 0 radical (unpaired) electrons. The van der Waals surface area contributed by atoms with Crippen LogP contribution in [-0.2, 0) is 13.6 Å². The highest BCUT2D eigenvalue weighted by atomic mass is 35.5. The lowest BCUT2D eigenvalue weighted by Crippen LogP contribution is -2.05. The monoisotopic (exact) mass is 235 g/mol.